The van der Waals surface area contributed by atoms with Gasteiger partial charge in [0.05, 0.1) is 0 Å². The first-order chi connectivity index (χ1) is 4.50. The summed E-state index contributed by atoms with van der Waals surface area (Å²) in [6, 6.07) is 0. The van der Waals surface area contributed by atoms with Crippen LogP contribution in [-0.2, 0) is 9.13 Å². The average Bonchev–Trinajstić information content (AvgIpc) is 1.58. The zero-order chi connectivity index (χ0) is 9.50. The maximum Gasteiger partial charge on any atom is 0.361 e. The summed E-state index contributed by atoms with van der Waals surface area (Å²) in [5.74, 6) is 0. The number of hydrogen-bond donors (Lipinski definition) is 5. The van der Waals surface area contributed by atoms with Gasteiger partial charge in [0.1, 0.15) is 0 Å². The van der Waals surface area contributed by atoms with E-state index in [0.29, 0.717) is 0 Å². The maximum absolute atomic E-state index is 10.2. The zero-order valence-electron chi connectivity index (χ0n) is 7.37. The third kappa shape index (κ3) is 3.82. The van der Waals surface area contributed by atoms with Crippen molar-refractivity contribution in [3.8, 4) is 0 Å². The third-order valence-corrected chi connectivity index (χ3v) is 4.73. The van der Waals surface area contributed by atoms with Gasteiger partial charge in [-0.25, -0.2) is 0 Å². The van der Waals surface area contributed by atoms with Crippen LogP contribution in [0.4, 0.5) is 0 Å². The van der Waals surface area contributed by atoms with E-state index >= 15 is 0 Å². The molecule has 1 unspecified atom stereocenters. The highest BCUT2D eigenvalue weighted by Crippen LogP contribution is 2.62. The number of rotatable bonds is 2. The van der Waals surface area contributed by atoms with Crippen LogP contribution in [0.15, 0.2) is 0 Å². The predicted octanol–water partition coefficient (Wildman–Crippen LogP) is -1.50. The van der Waals surface area contributed by atoms with Crippen molar-refractivity contribution in [1.29, 1.82) is 0 Å². The molecule has 0 amide bonds. The lowest BCUT2D eigenvalue weighted by Crippen LogP contribution is -2.36. The molecule has 0 aromatic rings. The average molecular weight is 240 g/mol. The van der Waals surface area contributed by atoms with Crippen LogP contribution < -0.4 is 22.1 Å². The van der Waals surface area contributed by atoms with Gasteiger partial charge in [0.15, 0.2) is 5.08 Å². The molecule has 0 bridgehead atoms. The van der Waals surface area contributed by atoms with Gasteiger partial charge in [-0.05, 0) is 14.5 Å². The Bertz CT molecular complexity index is 215. The van der Waals surface area contributed by atoms with E-state index in [9.17, 15) is 18.9 Å². The summed E-state index contributed by atoms with van der Waals surface area (Å²) in [5.41, 5.74) is 0. The smallest absolute Gasteiger partial charge is 0.361 e. The van der Waals surface area contributed by atoms with Crippen molar-refractivity contribution in [2.75, 3.05) is 0 Å². The van der Waals surface area contributed by atoms with E-state index in [2.05, 4.69) is 0 Å². The summed E-state index contributed by atoms with van der Waals surface area (Å²) in [6.07, 6.45) is 0. The van der Waals surface area contributed by atoms with Crippen molar-refractivity contribution >= 4 is 15.2 Å². The van der Waals surface area contributed by atoms with Gasteiger partial charge < -0.3 is 41.5 Å². The molecule has 13 heavy (non-hydrogen) atoms. The van der Waals surface area contributed by atoms with Crippen molar-refractivity contribution in [3.63, 3.8) is 0 Å². The van der Waals surface area contributed by atoms with E-state index in [4.69, 9.17) is 14.9 Å². The van der Waals surface area contributed by atoms with Crippen LogP contribution in [0.2, 0.25) is 0 Å². The molecule has 0 saturated heterocycles. The first-order valence-corrected chi connectivity index (χ1v) is 5.46. The fourth-order valence-corrected chi connectivity index (χ4v) is 1.44. The zero-order valence-corrected chi connectivity index (χ0v) is 9.16. The van der Waals surface area contributed by atoms with E-state index in [1.165, 1.54) is 0 Å². The summed E-state index contributed by atoms with van der Waals surface area (Å²) >= 11 is 0. The van der Waals surface area contributed by atoms with Crippen LogP contribution in [-0.4, -0.2) is 20.0 Å². The maximum atomic E-state index is 10.2. The van der Waals surface area contributed by atoms with Crippen molar-refractivity contribution in [1.82, 2.24) is 12.3 Å². The monoisotopic (exact) mass is 240 g/mol. The largest absolute Gasteiger partial charge is 0.808 e. The molecule has 0 aliphatic carbocycles. The summed E-state index contributed by atoms with van der Waals surface area (Å²) in [7, 11) is -11.0. The normalized spacial score (nSPS) is 16.5. The molecule has 0 aromatic carbocycles. The minimum atomic E-state index is -5.70. The van der Waals surface area contributed by atoms with Gasteiger partial charge >= 0.3 is 7.60 Å². The van der Waals surface area contributed by atoms with E-state index < -0.39 is 20.3 Å². The second-order valence-electron chi connectivity index (χ2n) is 2.01. The van der Waals surface area contributed by atoms with Gasteiger partial charge in [-0.1, -0.05) is 0 Å². The van der Waals surface area contributed by atoms with Crippen molar-refractivity contribution in [2.45, 2.75) is 12.0 Å². The Hall–Kier alpha value is 0.180. The number of aliphatic hydroxyl groups is 1. The molecule has 11 N–H and O–H groups in total. The van der Waals surface area contributed by atoms with E-state index in [1.807, 2.05) is 0 Å². The Morgan fingerprint density at radius 2 is 1.38 bits per heavy atom. The molecule has 0 fully saturated rings. The van der Waals surface area contributed by atoms with Crippen molar-refractivity contribution < 1.29 is 33.8 Å². The number of hydrogen-bond acceptors (Lipinski definition) is 5. The van der Waals surface area contributed by atoms with Gasteiger partial charge in [-0.3, -0.25) is 4.57 Å². The van der Waals surface area contributed by atoms with Crippen LogP contribution in [0.5, 0.6) is 0 Å². The highest BCUT2D eigenvalue weighted by Gasteiger charge is 2.43. The molecule has 11 heteroatoms. The van der Waals surface area contributed by atoms with Gasteiger partial charge in [0.25, 0.3) is 0 Å². The standard InChI is InChI=1S/C2H8O7P2.2H3N/c1-2(3,10(4,5)6)11(7,8)9;;/h3H,1H3,(H2,4,5,6)(H2,7,8,9);2*1H3. The second-order valence-corrected chi connectivity index (χ2v) is 6.19. The minimum Gasteiger partial charge on any atom is -0.808 e. The Morgan fingerprint density at radius 1 is 1.15 bits per heavy atom. The van der Waals surface area contributed by atoms with Crippen LogP contribution >= 0.6 is 15.2 Å². The lowest BCUT2D eigenvalue weighted by atomic mass is 10.9. The molecule has 0 aromatic heterocycles. The van der Waals surface area contributed by atoms with Crippen LogP contribution in [0.25, 0.3) is 0 Å². The Labute approximate surface area is 74.3 Å². The lowest BCUT2D eigenvalue weighted by molar-refractivity contribution is -0.324. The lowest BCUT2D eigenvalue weighted by Gasteiger charge is -2.42. The molecular weight excluding hydrogens is 226 g/mol. The van der Waals surface area contributed by atoms with Crippen molar-refractivity contribution in [3.05, 3.63) is 0 Å². The second kappa shape index (κ2) is 4.61. The first kappa shape index (κ1) is 18.9. The van der Waals surface area contributed by atoms with Crippen LogP contribution in [0, 0.1) is 0 Å². The highest BCUT2D eigenvalue weighted by molar-refractivity contribution is 7.70. The summed E-state index contributed by atoms with van der Waals surface area (Å²) in [5, 5.41) is 5.02. The Morgan fingerprint density at radius 3 is 1.38 bits per heavy atom. The topological polar surface area (TPSA) is 214 Å². The molecular formula is C2H14N2O7P2. The summed E-state index contributed by atoms with van der Waals surface area (Å²) in [6.45, 7) is 0.258. The minimum absolute atomic E-state index is 0. The van der Waals surface area contributed by atoms with Gasteiger partial charge in [-0.2, -0.15) is 0 Å². The van der Waals surface area contributed by atoms with E-state index in [-0.39, 0.29) is 19.2 Å². The molecule has 1 atom stereocenters. The molecule has 84 valence electrons. The first-order valence-electron chi connectivity index (χ1n) is 2.30. The van der Waals surface area contributed by atoms with Crippen molar-refractivity contribution in [2.24, 2.45) is 0 Å². The molecule has 0 saturated carbocycles. The molecule has 0 aliphatic heterocycles. The van der Waals surface area contributed by atoms with Gasteiger partial charge in [-0.15, -0.1) is 0 Å². The fraction of sp³-hybridized carbons (Fsp3) is 1.00. The molecule has 0 spiro atoms. The van der Waals surface area contributed by atoms with Gasteiger partial charge in [0.2, 0.25) is 0 Å². The summed E-state index contributed by atoms with van der Waals surface area (Å²) in [4.78, 5) is 36.4. The molecule has 0 radical (unpaired) electrons. The Balaban J connectivity index is -0.000000500. The van der Waals surface area contributed by atoms with Gasteiger partial charge in [0, 0.05) is 0 Å². The summed E-state index contributed by atoms with van der Waals surface area (Å²) < 4.78 is 20.2. The highest BCUT2D eigenvalue weighted by atomic mass is 31.2. The molecule has 9 nitrogen and oxygen atoms in total. The third-order valence-electron chi connectivity index (χ3n) is 1.07. The molecule has 0 rings (SSSR count). The number of quaternary nitrogens is 2. The van der Waals surface area contributed by atoms with E-state index in [0.717, 1.165) is 0 Å². The molecule has 0 heterocycles. The van der Waals surface area contributed by atoms with E-state index in [1.54, 1.807) is 0 Å². The SMILES string of the molecule is CC(O)(P(=O)([O-])[O-])P(=O)(O)O.[NH4+].[NH4+]. The molecule has 0 aliphatic rings. The Kier molecular flexibility index (Phi) is 6.69. The van der Waals surface area contributed by atoms with Crippen LogP contribution in [0.1, 0.15) is 6.92 Å². The quantitative estimate of drug-likeness (QED) is 0.359. The van der Waals surface area contributed by atoms with Crippen LogP contribution in [0.3, 0.4) is 0 Å². The fourth-order valence-electron chi connectivity index (χ4n) is 0.160. The predicted molar refractivity (Wildman–Crippen MR) is 42.2 cm³/mol.